The fraction of sp³-hybridized carbons (Fsp3) is 0.333. The van der Waals surface area contributed by atoms with Gasteiger partial charge in [0.05, 0.1) is 20.8 Å². The zero-order valence-electron chi connectivity index (χ0n) is 16.2. The number of carbonyl (C=O) groups excluding carboxylic acids is 2. The van der Waals surface area contributed by atoms with E-state index in [-0.39, 0.29) is 17.9 Å². The Hall–Kier alpha value is -3.22. The number of hydrogen-bond donors (Lipinski definition) is 1. The SMILES string of the molecule is CNC(=O)[C@H]1C[C@H](Oc2ccccc2)CN1C(=O)c1ccc(OC)c(OC)c1. The zero-order chi connectivity index (χ0) is 20.1. The lowest BCUT2D eigenvalue weighted by atomic mass is 10.1. The number of hydrogen-bond acceptors (Lipinski definition) is 5. The minimum absolute atomic E-state index is 0.215. The number of ether oxygens (including phenoxy) is 3. The normalized spacial score (nSPS) is 18.5. The monoisotopic (exact) mass is 384 g/mol. The summed E-state index contributed by atoms with van der Waals surface area (Å²) in [5, 5.41) is 2.64. The van der Waals surface area contributed by atoms with Gasteiger partial charge in [-0.25, -0.2) is 0 Å². The minimum atomic E-state index is -0.598. The first-order valence-electron chi connectivity index (χ1n) is 9.03. The highest BCUT2D eigenvalue weighted by Crippen LogP contribution is 2.30. The molecule has 3 rings (SSSR count). The molecule has 1 N–H and O–H groups in total. The predicted molar refractivity (Wildman–Crippen MR) is 104 cm³/mol. The first kappa shape index (κ1) is 19.5. The van der Waals surface area contributed by atoms with Gasteiger partial charge in [-0.3, -0.25) is 9.59 Å². The Morgan fingerprint density at radius 2 is 1.75 bits per heavy atom. The topological polar surface area (TPSA) is 77.1 Å². The molecule has 0 radical (unpaired) electrons. The Morgan fingerprint density at radius 1 is 1.04 bits per heavy atom. The van der Waals surface area contributed by atoms with Gasteiger partial charge in [0.2, 0.25) is 5.91 Å². The Bertz CT molecular complexity index is 840. The van der Waals surface area contributed by atoms with Crippen LogP contribution in [0.2, 0.25) is 0 Å². The van der Waals surface area contributed by atoms with Crippen molar-refractivity contribution in [1.82, 2.24) is 10.2 Å². The van der Waals surface area contributed by atoms with E-state index in [9.17, 15) is 9.59 Å². The molecule has 148 valence electrons. The molecule has 0 unspecified atom stereocenters. The second kappa shape index (κ2) is 8.65. The summed E-state index contributed by atoms with van der Waals surface area (Å²) in [6, 6.07) is 13.7. The molecular formula is C21H24N2O5. The van der Waals surface area contributed by atoms with Gasteiger partial charge in [-0.15, -0.1) is 0 Å². The molecule has 0 spiro atoms. The highest BCUT2D eigenvalue weighted by molar-refractivity contribution is 5.98. The maximum atomic E-state index is 13.1. The van der Waals surface area contributed by atoms with Crippen molar-refractivity contribution in [2.75, 3.05) is 27.8 Å². The molecule has 28 heavy (non-hydrogen) atoms. The predicted octanol–water partition coefficient (Wildman–Crippen LogP) is 2.11. The first-order chi connectivity index (χ1) is 13.6. The average Bonchev–Trinajstić information content (AvgIpc) is 3.16. The van der Waals surface area contributed by atoms with Crippen LogP contribution in [0, 0.1) is 0 Å². The summed E-state index contributed by atoms with van der Waals surface area (Å²) >= 11 is 0. The molecule has 2 atom stereocenters. The van der Waals surface area contributed by atoms with Gasteiger partial charge in [-0.2, -0.15) is 0 Å². The van der Waals surface area contributed by atoms with Crippen molar-refractivity contribution < 1.29 is 23.8 Å². The Morgan fingerprint density at radius 3 is 2.39 bits per heavy atom. The molecule has 7 heteroatoms. The summed E-state index contributed by atoms with van der Waals surface area (Å²) in [6.07, 6.45) is 0.155. The lowest BCUT2D eigenvalue weighted by molar-refractivity contribution is -0.124. The van der Waals surface area contributed by atoms with Gasteiger partial charge >= 0.3 is 0 Å². The van der Waals surface area contributed by atoms with Crippen LogP contribution in [-0.2, 0) is 4.79 Å². The maximum Gasteiger partial charge on any atom is 0.254 e. The number of rotatable bonds is 6. The largest absolute Gasteiger partial charge is 0.493 e. The smallest absolute Gasteiger partial charge is 0.254 e. The standard InChI is InChI=1S/C21H24N2O5/c1-22-20(24)17-12-16(28-15-7-5-4-6-8-15)13-23(17)21(25)14-9-10-18(26-2)19(11-14)27-3/h4-11,16-17H,12-13H2,1-3H3,(H,22,24)/t16-,17+/m0/s1. The molecule has 0 bridgehead atoms. The van der Waals surface area contributed by atoms with E-state index in [0.29, 0.717) is 35.8 Å². The van der Waals surface area contributed by atoms with Crippen LogP contribution in [0.4, 0.5) is 0 Å². The lowest BCUT2D eigenvalue weighted by Gasteiger charge is -2.23. The van der Waals surface area contributed by atoms with E-state index in [1.807, 2.05) is 30.3 Å². The number of methoxy groups -OCH3 is 2. The molecule has 2 aromatic rings. The third-order valence-electron chi connectivity index (χ3n) is 4.75. The number of carbonyl (C=O) groups is 2. The molecule has 1 aliphatic heterocycles. The second-order valence-electron chi connectivity index (χ2n) is 6.45. The summed E-state index contributed by atoms with van der Waals surface area (Å²) in [4.78, 5) is 27.1. The molecule has 1 aliphatic rings. The molecule has 1 saturated heterocycles. The molecule has 0 aromatic heterocycles. The van der Waals surface area contributed by atoms with Crippen molar-refractivity contribution >= 4 is 11.8 Å². The van der Waals surface area contributed by atoms with Gasteiger partial charge in [0, 0.05) is 19.0 Å². The van der Waals surface area contributed by atoms with Crippen LogP contribution in [0.1, 0.15) is 16.8 Å². The lowest BCUT2D eigenvalue weighted by Crippen LogP contribution is -2.45. The third kappa shape index (κ3) is 4.03. The van der Waals surface area contributed by atoms with E-state index >= 15 is 0 Å². The Labute approximate surface area is 164 Å². The zero-order valence-corrected chi connectivity index (χ0v) is 16.2. The van der Waals surface area contributed by atoms with Crippen molar-refractivity contribution in [1.29, 1.82) is 0 Å². The van der Waals surface area contributed by atoms with Gasteiger partial charge < -0.3 is 24.4 Å². The molecule has 1 heterocycles. The van der Waals surface area contributed by atoms with Crippen molar-refractivity contribution in [3.05, 3.63) is 54.1 Å². The van der Waals surface area contributed by atoms with E-state index in [1.54, 1.807) is 30.1 Å². The van der Waals surface area contributed by atoms with Gasteiger partial charge in [0.15, 0.2) is 11.5 Å². The Kier molecular flexibility index (Phi) is 6.03. The first-order valence-corrected chi connectivity index (χ1v) is 9.03. The van der Waals surface area contributed by atoms with Crippen LogP contribution in [0.3, 0.4) is 0 Å². The van der Waals surface area contributed by atoms with Crippen LogP contribution < -0.4 is 19.5 Å². The summed E-state index contributed by atoms with van der Waals surface area (Å²) in [7, 11) is 4.61. The summed E-state index contributed by atoms with van der Waals surface area (Å²) in [5.74, 6) is 1.24. The van der Waals surface area contributed by atoms with Gasteiger partial charge in [0.1, 0.15) is 17.9 Å². The van der Waals surface area contributed by atoms with Gasteiger partial charge in [-0.05, 0) is 30.3 Å². The van der Waals surface area contributed by atoms with E-state index in [2.05, 4.69) is 5.32 Å². The minimum Gasteiger partial charge on any atom is -0.493 e. The highest BCUT2D eigenvalue weighted by atomic mass is 16.5. The molecule has 1 fully saturated rings. The van der Waals surface area contributed by atoms with Crippen LogP contribution in [0.5, 0.6) is 17.2 Å². The number of nitrogens with one attached hydrogen (secondary N) is 1. The average molecular weight is 384 g/mol. The van der Waals surface area contributed by atoms with Gasteiger partial charge in [0.25, 0.3) is 5.91 Å². The number of amides is 2. The van der Waals surface area contributed by atoms with Crippen LogP contribution in [-0.4, -0.2) is 56.7 Å². The number of likely N-dealkylation sites (N-methyl/N-ethyl adjacent to an activating group) is 1. The maximum absolute atomic E-state index is 13.1. The number of nitrogens with zero attached hydrogens (tertiary/aromatic N) is 1. The molecule has 2 amide bonds. The second-order valence-corrected chi connectivity index (χ2v) is 6.45. The summed E-state index contributed by atoms with van der Waals surface area (Å²) in [5.41, 5.74) is 0.423. The van der Waals surface area contributed by atoms with Crippen LogP contribution >= 0.6 is 0 Å². The van der Waals surface area contributed by atoms with Crippen LogP contribution in [0.25, 0.3) is 0 Å². The number of likely N-dealkylation sites (tertiary alicyclic amines) is 1. The summed E-state index contributed by atoms with van der Waals surface area (Å²) in [6.45, 7) is 0.320. The van der Waals surface area contributed by atoms with E-state index < -0.39 is 6.04 Å². The van der Waals surface area contributed by atoms with Crippen molar-refractivity contribution in [2.24, 2.45) is 0 Å². The number of para-hydroxylation sites is 1. The molecule has 7 nitrogen and oxygen atoms in total. The molecular weight excluding hydrogens is 360 g/mol. The van der Waals surface area contributed by atoms with Gasteiger partial charge in [-0.1, -0.05) is 18.2 Å². The molecule has 2 aromatic carbocycles. The molecule has 0 saturated carbocycles. The molecule has 0 aliphatic carbocycles. The quantitative estimate of drug-likeness (QED) is 0.826. The van der Waals surface area contributed by atoms with Crippen LogP contribution in [0.15, 0.2) is 48.5 Å². The van der Waals surface area contributed by atoms with E-state index in [1.165, 1.54) is 14.2 Å². The summed E-state index contributed by atoms with van der Waals surface area (Å²) < 4.78 is 16.5. The fourth-order valence-corrected chi connectivity index (χ4v) is 3.35. The third-order valence-corrected chi connectivity index (χ3v) is 4.75. The Balaban J connectivity index is 1.83. The van der Waals surface area contributed by atoms with Crippen molar-refractivity contribution in [2.45, 2.75) is 18.6 Å². The van der Waals surface area contributed by atoms with Crippen molar-refractivity contribution in [3.8, 4) is 17.2 Å². The van der Waals surface area contributed by atoms with E-state index in [0.717, 1.165) is 0 Å². The fourth-order valence-electron chi connectivity index (χ4n) is 3.35. The van der Waals surface area contributed by atoms with E-state index in [4.69, 9.17) is 14.2 Å². The number of benzene rings is 2. The van der Waals surface area contributed by atoms with Crippen molar-refractivity contribution in [3.63, 3.8) is 0 Å². The highest BCUT2D eigenvalue weighted by Gasteiger charge is 2.40.